The highest BCUT2D eigenvalue weighted by Crippen LogP contribution is 2.22. The van der Waals surface area contributed by atoms with Gasteiger partial charge in [-0.05, 0) is 48.7 Å². The Morgan fingerprint density at radius 3 is 2.65 bits per heavy atom. The van der Waals surface area contributed by atoms with Crippen LogP contribution in [0.15, 0.2) is 48.5 Å². The van der Waals surface area contributed by atoms with E-state index in [9.17, 15) is 19.1 Å². The van der Waals surface area contributed by atoms with Crippen molar-refractivity contribution in [1.29, 1.82) is 0 Å². The van der Waals surface area contributed by atoms with E-state index < -0.39 is 23.9 Å². The Bertz CT molecular complexity index is 890. The molecule has 1 heterocycles. The lowest BCUT2D eigenvalue weighted by atomic mass is 9.96. The van der Waals surface area contributed by atoms with Crippen LogP contribution in [0.5, 0.6) is 5.75 Å². The number of aliphatic hydroxyl groups is 1. The summed E-state index contributed by atoms with van der Waals surface area (Å²) in [6.45, 7) is 0.101. The summed E-state index contributed by atoms with van der Waals surface area (Å²) < 4.78 is 24.3. The van der Waals surface area contributed by atoms with Crippen molar-refractivity contribution in [3.63, 3.8) is 0 Å². The summed E-state index contributed by atoms with van der Waals surface area (Å²) in [6.07, 6.45) is 0.279. The van der Waals surface area contributed by atoms with Gasteiger partial charge >= 0.3 is 0 Å². The van der Waals surface area contributed by atoms with E-state index in [1.165, 1.54) is 18.2 Å². The van der Waals surface area contributed by atoms with E-state index in [-0.39, 0.29) is 30.6 Å². The van der Waals surface area contributed by atoms with Crippen LogP contribution in [0.1, 0.15) is 35.2 Å². The van der Waals surface area contributed by atoms with Crippen LogP contribution in [0.25, 0.3) is 0 Å². The lowest BCUT2D eigenvalue weighted by Gasteiger charge is -2.36. The summed E-state index contributed by atoms with van der Waals surface area (Å²) >= 11 is 0. The molecule has 3 atom stereocenters. The van der Waals surface area contributed by atoms with Crippen molar-refractivity contribution < 1.29 is 28.6 Å². The second kappa shape index (κ2) is 10.9. The van der Waals surface area contributed by atoms with Gasteiger partial charge < -0.3 is 25.2 Å². The third-order valence-electron chi connectivity index (χ3n) is 5.26. The average molecular weight is 430 g/mol. The number of nitrogens with one attached hydrogen (secondary N) is 2. The molecule has 31 heavy (non-hydrogen) atoms. The number of aliphatic hydroxyl groups excluding tert-OH is 1. The summed E-state index contributed by atoms with van der Waals surface area (Å²) in [5.41, 5.74) is 1.16. The molecular weight excluding hydrogens is 403 g/mol. The molecule has 1 saturated heterocycles. The predicted molar refractivity (Wildman–Crippen MR) is 112 cm³/mol. The Kier molecular flexibility index (Phi) is 7.97. The maximum Gasteiger partial charge on any atom is 0.251 e. The fourth-order valence-corrected chi connectivity index (χ4v) is 3.55. The van der Waals surface area contributed by atoms with E-state index in [0.717, 1.165) is 17.4 Å². The second-order valence-electron chi connectivity index (χ2n) is 7.48. The molecule has 3 N–H and O–H groups in total. The average Bonchev–Trinajstić information content (AvgIpc) is 2.79. The van der Waals surface area contributed by atoms with E-state index >= 15 is 0 Å². The number of methoxy groups -OCH3 is 1. The maximum absolute atomic E-state index is 13.3. The SMILES string of the molecule is COc1ccc(CNC(=O)C[C@@H]2CC[C@@H](NC(=O)c3cccc(F)c3)[C@@H](CO)O2)cc1. The van der Waals surface area contributed by atoms with E-state index in [4.69, 9.17) is 9.47 Å². The largest absolute Gasteiger partial charge is 0.497 e. The topological polar surface area (TPSA) is 96.9 Å². The highest BCUT2D eigenvalue weighted by atomic mass is 19.1. The highest BCUT2D eigenvalue weighted by molar-refractivity contribution is 5.94. The minimum atomic E-state index is -0.634. The number of hydrogen-bond donors (Lipinski definition) is 3. The summed E-state index contributed by atoms with van der Waals surface area (Å²) in [5, 5.41) is 15.3. The smallest absolute Gasteiger partial charge is 0.251 e. The third kappa shape index (κ3) is 6.50. The number of amides is 2. The fourth-order valence-electron chi connectivity index (χ4n) is 3.55. The number of benzene rings is 2. The van der Waals surface area contributed by atoms with Crippen LogP contribution in [0, 0.1) is 5.82 Å². The molecule has 0 aliphatic carbocycles. The summed E-state index contributed by atoms with van der Waals surface area (Å²) in [5.74, 6) is -0.325. The second-order valence-corrected chi connectivity index (χ2v) is 7.48. The molecule has 1 aliphatic heterocycles. The Balaban J connectivity index is 1.47. The number of carbonyl (C=O) groups is 2. The minimum absolute atomic E-state index is 0.153. The van der Waals surface area contributed by atoms with Gasteiger partial charge in [-0.15, -0.1) is 0 Å². The molecule has 2 aromatic rings. The Morgan fingerprint density at radius 1 is 1.19 bits per heavy atom. The van der Waals surface area contributed by atoms with Gasteiger partial charge in [-0.1, -0.05) is 18.2 Å². The third-order valence-corrected chi connectivity index (χ3v) is 5.26. The lowest BCUT2D eigenvalue weighted by molar-refractivity contribution is -0.131. The van der Waals surface area contributed by atoms with E-state index in [1.54, 1.807) is 7.11 Å². The van der Waals surface area contributed by atoms with Crippen LogP contribution < -0.4 is 15.4 Å². The number of hydrogen-bond acceptors (Lipinski definition) is 5. The molecule has 2 aromatic carbocycles. The standard InChI is InChI=1S/C23H27FN2O5/c1-30-18-7-5-15(6-8-18)13-25-22(28)12-19-9-10-20(21(14-27)31-19)26-23(29)16-3-2-4-17(24)11-16/h2-8,11,19-21,27H,9-10,12-14H2,1H3,(H,25,28)(H,26,29)/t19-,20+,21+/m0/s1. The molecule has 7 nitrogen and oxygen atoms in total. The first kappa shape index (κ1) is 22.7. The van der Waals surface area contributed by atoms with Crippen molar-refractivity contribution in [2.45, 2.75) is 44.1 Å². The summed E-state index contributed by atoms with van der Waals surface area (Å²) in [4.78, 5) is 24.7. The van der Waals surface area contributed by atoms with E-state index in [2.05, 4.69) is 10.6 Å². The molecule has 1 aliphatic rings. The molecule has 3 rings (SSSR count). The Morgan fingerprint density at radius 2 is 1.97 bits per heavy atom. The molecule has 0 bridgehead atoms. The van der Waals surface area contributed by atoms with Crippen LogP contribution in [-0.4, -0.2) is 48.9 Å². The maximum atomic E-state index is 13.3. The quantitative estimate of drug-likeness (QED) is 0.597. The molecule has 0 spiro atoms. The van der Waals surface area contributed by atoms with Gasteiger partial charge in [0, 0.05) is 12.1 Å². The van der Waals surface area contributed by atoms with Gasteiger partial charge in [-0.3, -0.25) is 9.59 Å². The zero-order valence-corrected chi connectivity index (χ0v) is 17.3. The highest BCUT2D eigenvalue weighted by Gasteiger charge is 2.33. The van der Waals surface area contributed by atoms with Gasteiger partial charge in [-0.2, -0.15) is 0 Å². The van der Waals surface area contributed by atoms with Crippen LogP contribution >= 0.6 is 0 Å². The first-order chi connectivity index (χ1) is 15.0. The van der Waals surface area contributed by atoms with Crippen LogP contribution in [0.4, 0.5) is 4.39 Å². The van der Waals surface area contributed by atoms with Gasteiger partial charge in [0.25, 0.3) is 5.91 Å². The van der Waals surface area contributed by atoms with Crippen molar-refractivity contribution in [2.24, 2.45) is 0 Å². The van der Waals surface area contributed by atoms with Gasteiger partial charge in [0.05, 0.1) is 32.3 Å². The number of rotatable bonds is 8. The zero-order chi connectivity index (χ0) is 22.2. The monoisotopic (exact) mass is 430 g/mol. The van der Waals surface area contributed by atoms with Crippen LogP contribution in [-0.2, 0) is 16.1 Å². The molecule has 1 fully saturated rings. The molecular formula is C23H27FN2O5. The first-order valence-corrected chi connectivity index (χ1v) is 10.2. The molecule has 0 aromatic heterocycles. The van der Waals surface area contributed by atoms with Gasteiger partial charge in [0.1, 0.15) is 17.7 Å². The van der Waals surface area contributed by atoms with E-state index in [1.807, 2.05) is 24.3 Å². The number of ether oxygens (including phenoxy) is 2. The van der Waals surface area contributed by atoms with Crippen LogP contribution in [0.3, 0.4) is 0 Å². The molecule has 2 amide bonds. The van der Waals surface area contributed by atoms with Crippen LogP contribution in [0.2, 0.25) is 0 Å². The van der Waals surface area contributed by atoms with Gasteiger partial charge in [-0.25, -0.2) is 4.39 Å². The van der Waals surface area contributed by atoms with Crippen molar-refractivity contribution in [1.82, 2.24) is 10.6 Å². The summed E-state index contributed by atoms with van der Waals surface area (Å²) in [6, 6.07) is 12.4. The Hall–Kier alpha value is -2.97. The first-order valence-electron chi connectivity index (χ1n) is 10.2. The molecule has 0 unspecified atom stereocenters. The van der Waals surface area contributed by atoms with Crippen molar-refractivity contribution >= 4 is 11.8 Å². The van der Waals surface area contributed by atoms with Crippen molar-refractivity contribution in [3.8, 4) is 5.75 Å². The zero-order valence-electron chi connectivity index (χ0n) is 17.3. The fraction of sp³-hybridized carbons (Fsp3) is 0.391. The molecule has 8 heteroatoms. The molecule has 0 radical (unpaired) electrons. The van der Waals surface area contributed by atoms with Crippen molar-refractivity contribution in [3.05, 3.63) is 65.5 Å². The van der Waals surface area contributed by atoms with Gasteiger partial charge in [0.15, 0.2) is 0 Å². The normalized spacial score (nSPS) is 20.7. The molecule has 0 saturated carbocycles. The van der Waals surface area contributed by atoms with Gasteiger partial charge in [0.2, 0.25) is 5.91 Å². The van der Waals surface area contributed by atoms with Crippen molar-refractivity contribution in [2.75, 3.05) is 13.7 Å². The number of carbonyl (C=O) groups excluding carboxylic acids is 2. The summed E-state index contributed by atoms with van der Waals surface area (Å²) in [7, 11) is 1.60. The molecule has 166 valence electrons. The minimum Gasteiger partial charge on any atom is -0.497 e. The predicted octanol–water partition coefficient (Wildman–Crippen LogP) is 2.18. The van der Waals surface area contributed by atoms with E-state index in [0.29, 0.717) is 19.4 Å². The number of halogens is 1. The Labute approximate surface area is 180 Å². The lowest BCUT2D eigenvalue weighted by Crippen LogP contribution is -2.51.